The third-order valence-electron chi connectivity index (χ3n) is 2.31. The zero-order chi connectivity index (χ0) is 12.3. The van der Waals surface area contributed by atoms with Crippen LogP contribution in [0.4, 0.5) is 11.4 Å². The number of rotatable bonds is 4. The van der Waals surface area contributed by atoms with Gasteiger partial charge in [0, 0.05) is 13.6 Å². The molecule has 0 saturated carbocycles. The molecule has 0 spiro atoms. The number of carboxylic acids is 1. The summed E-state index contributed by atoms with van der Waals surface area (Å²) in [5, 5.41) is 19.8. The van der Waals surface area contributed by atoms with Crippen molar-refractivity contribution in [3.05, 3.63) is 33.9 Å². The summed E-state index contributed by atoms with van der Waals surface area (Å²) in [7, 11) is 1.67. The van der Waals surface area contributed by atoms with Crippen LogP contribution < -0.4 is 4.90 Å². The summed E-state index contributed by atoms with van der Waals surface area (Å²) >= 11 is 0. The molecule has 6 nitrogen and oxygen atoms in total. The van der Waals surface area contributed by atoms with Crippen molar-refractivity contribution in [1.82, 2.24) is 0 Å². The zero-order valence-corrected chi connectivity index (χ0v) is 9.01. The molecule has 0 aromatic heterocycles. The van der Waals surface area contributed by atoms with Gasteiger partial charge >= 0.3 is 11.7 Å². The Morgan fingerprint density at radius 1 is 1.56 bits per heavy atom. The van der Waals surface area contributed by atoms with Crippen LogP contribution in [0.3, 0.4) is 0 Å². The molecule has 6 heteroatoms. The van der Waals surface area contributed by atoms with Gasteiger partial charge in [-0.15, -0.1) is 0 Å². The van der Waals surface area contributed by atoms with Crippen molar-refractivity contribution in [3.63, 3.8) is 0 Å². The summed E-state index contributed by atoms with van der Waals surface area (Å²) < 4.78 is 0. The number of carboxylic acid groups (broad SMARTS) is 1. The lowest BCUT2D eigenvalue weighted by atomic mass is 10.1. The van der Waals surface area contributed by atoms with Gasteiger partial charge in [0.15, 0.2) is 0 Å². The maximum absolute atomic E-state index is 10.9. The molecule has 0 heterocycles. The highest BCUT2D eigenvalue weighted by Crippen LogP contribution is 2.30. The normalized spacial score (nSPS) is 9.88. The minimum atomic E-state index is -1.29. The van der Waals surface area contributed by atoms with E-state index in [0.29, 0.717) is 12.2 Å². The van der Waals surface area contributed by atoms with Crippen LogP contribution in [-0.2, 0) is 0 Å². The number of nitrogens with zero attached hydrogens (tertiary/aromatic N) is 2. The fourth-order valence-corrected chi connectivity index (χ4v) is 1.37. The molecule has 1 aromatic carbocycles. The Bertz CT molecular complexity index is 431. The minimum absolute atomic E-state index is 0.289. The van der Waals surface area contributed by atoms with E-state index in [1.54, 1.807) is 11.9 Å². The van der Waals surface area contributed by atoms with Crippen molar-refractivity contribution in [2.45, 2.75) is 6.92 Å². The smallest absolute Gasteiger partial charge is 0.342 e. The lowest BCUT2D eigenvalue weighted by Crippen LogP contribution is -2.18. The van der Waals surface area contributed by atoms with Crippen LogP contribution in [0.2, 0.25) is 0 Å². The van der Waals surface area contributed by atoms with Gasteiger partial charge in [-0.2, -0.15) is 0 Å². The fraction of sp³-hybridized carbons (Fsp3) is 0.300. The van der Waals surface area contributed by atoms with Gasteiger partial charge in [0.25, 0.3) is 0 Å². The van der Waals surface area contributed by atoms with E-state index >= 15 is 0 Å². The first kappa shape index (κ1) is 12.0. The Morgan fingerprint density at radius 3 is 2.62 bits per heavy atom. The highest BCUT2D eigenvalue weighted by atomic mass is 16.6. The van der Waals surface area contributed by atoms with E-state index in [4.69, 9.17) is 5.11 Å². The van der Waals surface area contributed by atoms with Gasteiger partial charge in [0.05, 0.1) is 4.92 Å². The van der Waals surface area contributed by atoms with Crippen molar-refractivity contribution >= 4 is 17.3 Å². The molecule has 0 radical (unpaired) electrons. The standard InChI is InChI=1S/C10H12N2O4/c1-3-11(2)8-6-4-5-7(10(13)14)9(8)12(15)16/h4-6H,3H2,1-2H3,(H,13,14). The largest absolute Gasteiger partial charge is 0.477 e. The third kappa shape index (κ3) is 2.10. The summed E-state index contributed by atoms with van der Waals surface area (Å²) in [4.78, 5) is 22.7. The molecule has 16 heavy (non-hydrogen) atoms. The number of hydrogen-bond acceptors (Lipinski definition) is 4. The Morgan fingerprint density at radius 2 is 2.19 bits per heavy atom. The van der Waals surface area contributed by atoms with Crippen molar-refractivity contribution in [1.29, 1.82) is 0 Å². The van der Waals surface area contributed by atoms with E-state index in [9.17, 15) is 14.9 Å². The number of anilines is 1. The number of hydrogen-bond donors (Lipinski definition) is 1. The predicted octanol–water partition coefficient (Wildman–Crippen LogP) is 1.75. The molecule has 0 aliphatic heterocycles. The molecule has 0 aliphatic rings. The van der Waals surface area contributed by atoms with E-state index < -0.39 is 10.9 Å². The van der Waals surface area contributed by atoms with Crippen LogP contribution in [0.15, 0.2) is 18.2 Å². The predicted molar refractivity (Wildman–Crippen MR) is 59.0 cm³/mol. The topological polar surface area (TPSA) is 83.7 Å². The fourth-order valence-electron chi connectivity index (χ4n) is 1.37. The van der Waals surface area contributed by atoms with Crippen LogP contribution in [0.1, 0.15) is 17.3 Å². The van der Waals surface area contributed by atoms with E-state index in [1.165, 1.54) is 18.2 Å². The number of benzene rings is 1. The van der Waals surface area contributed by atoms with Crippen LogP contribution in [0.5, 0.6) is 0 Å². The average molecular weight is 224 g/mol. The SMILES string of the molecule is CCN(C)c1cccc(C(=O)O)c1[N+](=O)[O-]. The summed E-state index contributed by atoms with van der Waals surface area (Å²) in [6.45, 7) is 2.39. The first-order chi connectivity index (χ1) is 7.49. The number of para-hydroxylation sites is 1. The van der Waals surface area contributed by atoms with Crippen LogP contribution in [0.25, 0.3) is 0 Å². The van der Waals surface area contributed by atoms with Crippen molar-refractivity contribution < 1.29 is 14.8 Å². The number of nitro groups is 1. The average Bonchev–Trinajstić information content (AvgIpc) is 2.26. The van der Waals surface area contributed by atoms with Crippen LogP contribution >= 0.6 is 0 Å². The van der Waals surface area contributed by atoms with E-state index in [1.807, 2.05) is 6.92 Å². The molecule has 86 valence electrons. The quantitative estimate of drug-likeness (QED) is 0.622. The first-order valence-corrected chi connectivity index (χ1v) is 4.70. The van der Waals surface area contributed by atoms with Gasteiger partial charge in [-0.25, -0.2) is 4.79 Å². The Labute approximate surface area is 92.3 Å². The summed E-state index contributed by atoms with van der Waals surface area (Å²) in [6.07, 6.45) is 0. The van der Waals surface area contributed by atoms with Gasteiger partial charge in [0.2, 0.25) is 0 Å². The zero-order valence-electron chi connectivity index (χ0n) is 9.01. The first-order valence-electron chi connectivity index (χ1n) is 4.70. The van der Waals surface area contributed by atoms with E-state index in [2.05, 4.69) is 0 Å². The third-order valence-corrected chi connectivity index (χ3v) is 2.31. The van der Waals surface area contributed by atoms with E-state index in [-0.39, 0.29) is 11.3 Å². The highest BCUT2D eigenvalue weighted by Gasteiger charge is 2.25. The second-order valence-electron chi connectivity index (χ2n) is 3.25. The highest BCUT2D eigenvalue weighted by molar-refractivity contribution is 5.95. The Kier molecular flexibility index (Phi) is 3.44. The molecule has 1 aromatic rings. The molecule has 1 rings (SSSR count). The molecule has 0 fully saturated rings. The van der Waals surface area contributed by atoms with Crippen LogP contribution in [-0.4, -0.2) is 29.6 Å². The lowest BCUT2D eigenvalue weighted by Gasteiger charge is -2.17. The molecular formula is C10H12N2O4. The molecule has 0 bridgehead atoms. The molecule has 0 unspecified atom stereocenters. The summed E-state index contributed by atoms with van der Waals surface area (Å²) in [5.74, 6) is -1.29. The number of nitro benzene ring substituents is 1. The van der Waals surface area contributed by atoms with Crippen molar-refractivity contribution in [3.8, 4) is 0 Å². The summed E-state index contributed by atoms with van der Waals surface area (Å²) in [6, 6.07) is 4.26. The molecule has 0 amide bonds. The second kappa shape index (κ2) is 4.61. The van der Waals surface area contributed by atoms with E-state index in [0.717, 1.165) is 0 Å². The lowest BCUT2D eigenvalue weighted by molar-refractivity contribution is -0.384. The Hall–Kier alpha value is -2.11. The Balaban J connectivity index is 3.44. The van der Waals surface area contributed by atoms with Gasteiger partial charge in [-0.1, -0.05) is 6.07 Å². The number of aromatic carboxylic acids is 1. The summed E-state index contributed by atoms with van der Waals surface area (Å²) in [5.41, 5.74) is -0.338. The maximum atomic E-state index is 10.9. The minimum Gasteiger partial charge on any atom is -0.477 e. The van der Waals surface area contributed by atoms with Gasteiger partial charge < -0.3 is 10.0 Å². The number of carbonyl (C=O) groups is 1. The van der Waals surface area contributed by atoms with Gasteiger partial charge in [-0.3, -0.25) is 10.1 Å². The van der Waals surface area contributed by atoms with Crippen molar-refractivity contribution in [2.75, 3.05) is 18.5 Å². The molecular weight excluding hydrogens is 212 g/mol. The van der Waals surface area contributed by atoms with Crippen molar-refractivity contribution in [2.24, 2.45) is 0 Å². The molecule has 0 aliphatic carbocycles. The van der Waals surface area contributed by atoms with Gasteiger partial charge in [0.1, 0.15) is 11.3 Å². The van der Waals surface area contributed by atoms with Gasteiger partial charge in [-0.05, 0) is 19.1 Å². The molecule has 1 N–H and O–H groups in total. The monoisotopic (exact) mass is 224 g/mol. The molecule has 0 saturated heterocycles. The maximum Gasteiger partial charge on any atom is 0.342 e. The van der Waals surface area contributed by atoms with Crippen LogP contribution in [0, 0.1) is 10.1 Å². The second-order valence-corrected chi connectivity index (χ2v) is 3.25. The molecule has 0 atom stereocenters.